The van der Waals surface area contributed by atoms with E-state index in [9.17, 15) is 0 Å². The molecule has 2 heterocycles. The minimum atomic E-state index is 0.361. The molecular weight excluding hydrogens is 252 g/mol. The van der Waals surface area contributed by atoms with Crippen LogP contribution >= 0.6 is 0 Å². The molecule has 5 nitrogen and oxygen atoms in total. The first-order valence-electron chi connectivity index (χ1n) is 7.30. The van der Waals surface area contributed by atoms with E-state index in [-0.39, 0.29) is 0 Å². The van der Waals surface area contributed by atoms with Crippen LogP contribution in [-0.4, -0.2) is 47.7 Å². The van der Waals surface area contributed by atoms with Gasteiger partial charge in [0, 0.05) is 19.6 Å². The van der Waals surface area contributed by atoms with Gasteiger partial charge in [-0.3, -0.25) is 4.84 Å². The van der Waals surface area contributed by atoms with E-state index in [2.05, 4.69) is 45.6 Å². The van der Waals surface area contributed by atoms with Crippen LogP contribution in [0.25, 0.3) is 11.0 Å². The molecule has 1 aliphatic rings. The Balaban J connectivity index is 1.41. The van der Waals surface area contributed by atoms with Crippen LogP contribution in [0.15, 0.2) is 24.5 Å². The van der Waals surface area contributed by atoms with E-state index in [1.807, 2.05) is 0 Å². The van der Waals surface area contributed by atoms with Crippen molar-refractivity contribution in [2.75, 3.05) is 26.7 Å². The second kappa shape index (κ2) is 6.35. The number of piperidine rings is 1. The molecule has 1 aromatic carbocycles. The summed E-state index contributed by atoms with van der Waals surface area (Å²) in [6.07, 6.45) is 5.27. The fourth-order valence-corrected chi connectivity index (χ4v) is 2.61. The maximum absolute atomic E-state index is 5.73. The van der Waals surface area contributed by atoms with E-state index in [4.69, 9.17) is 4.84 Å². The highest BCUT2D eigenvalue weighted by Crippen LogP contribution is 2.12. The van der Waals surface area contributed by atoms with Gasteiger partial charge in [-0.15, -0.1) is 0 Å². The lowest BCUT2D eigenvalue weighted by atomic mass is 10.1. The molecule has 108 valence electrons. The summed E-state index contributed by atoms with van der Waals surface area (Å²) in [5, 5.41) is 0. The van der Waals surface area contributed by atoms with Crippen LogP contribution in [0.4, 0.5) is 0 Å². The standard InChI is InChI=1S/C15H22N4O/c1-19-8-5-13(6-9-19)20-18-7-4-12-2-3-14-15(10-12)17-11-16-14/h2-3,10-11,13,18H,4-9H2,1H3,(H,16,17). The molecule has 0 amide bonds. The smallest absolute Gasteiger partial charge is 0.0931 e. The Kier molecular flexibility index (Phi) is 4.30. The van der Waals surface area contributed by atoms with E-state index in [0.717, 1.165) is 49.9 Å². The van der Waals surface area contributed by atoms with Crippen LogP contribution < -0.4 is 5.48 Å². The van der Waals surface area contributed by atoms with Crippen molar-refractivity contribution in [3.05, 3.63) is 30.1 Å². The zero-order valence-corrected chi connectivity index (χ0v) is 11.9. The number of nitrogens with zero attached hydrogens (tertiary/aromatic N) is 2. The summed E-state index contributed by atoms with van der Waals surface area (Å²) in [6.45, 7) is 3.09. The zero-order valence-electron chi connectivity index (χ0n) is 11.9. The molecule has 0 bridgehead atoms. The average molecular weight is 274 g/mol. The summed E-state index contributed by atoms with van der Waals surface area (Å²) in [6, 6.07) is 6.34. The first-order chi connectivity index (χ1) is 9.81. The molecule has 0 unspecified atom stereocenters. The number of nitrogens with one attached hydrogen (secondary N) is 2. The molecule has 1 aromatic heterocycles. The molecule has 2 N–H and O–H groups in total. The van der Waals surface area contributed by atoms with Crippen molar-refractivity contribution in [2.45, 2.75) is 25.4 Å². The molecule has 0 spiro atoms. The van der Waals surface area contributed by atoms with Gasteiger partial charge in [-0.05, 0) is 44.0 Å². The number of fused-ring (bicyclic) bond motifs is 1. The van der Waals surface area contributed by atoms with Crippen LogP contribution in [0.5, 0.6) is 0 Å². The van der Waals surface area contributed by atoms with E-state index in [1.54, 1.807) is 6.33 Å². The van der Waals surface area contributed by atoms with E-state index in [0.29, 0.717) is 6.10 Å². The number of hydrogen-bond donors (Lipinski definition) is 2. The van der Waals surface area contributed by atoms with Crippen LogP contribution in [0, 0.1) is 0 Å². The topological polar surface area (TPSA) is 53.2 Å². The normalized spacial score (nSPS) is 17.9. The molecule has 1 saturated heterocycles. The maximum atomic E-state index is 5.73. The number of imidazole rings is 1. The summed E-state index contributed by atoms with van der Waals surface area (Å²) in [5.41, 5.74) is 6.51. The molecule has 3 rings (SSSR count). The SMILES string of the molecule is CN1CCC(ONCCc2ccc3[nH]cnc3c2)CC1. The van der Waals surface area contributed by atoms with Gasteiger partial charge in [0.2, 0.25) is 0 Å². The molecule has 2 aromatic rings. The van der Waals surface area contributed by atoms with Crippen molar-refractivity contribution < 1.29 is 4.84 Å². The highest BCUT2D eigenvalue weighted by atomic mass is 16.7. The van der Waals surface area contributed by atoms with E-state index < -0.39 is 0 Å². The summed E-state index contributed by atoms with van der Waals surface area (Å²) in [4.78, 5) is 15.5. The monoisotopic (exact) mass is 274 g/mol. The Morgan fingerprint density at radius 2 is 2.25 bits per heavy atom. The Labute approximate surface area is 119 Å². The lowest BCUT2D eigenvalue weighted by Gasteiger charge is -2.28. The first kappa shape index (κ1) is 13.5. The number of likely N-dealkylation sites (tertiary alicyclic amines) is 1. The molecule has 1 fully saturated rings. The number of aromatic nitrogens is 2. The van der Waals surface area contributed by atoms with Crippen LogP contribution in [0.1, 0.15) is 18.4 Å². The third-order valence-corrected chi connectivity index (χ3v) is 3.92. The number of hydroxylamine groups is 1. The maximum Gasteiger partial charge on any atom is 0.0931 e. The zero-order chi connectivity index (χ0) is 13.8. The second-order valence-corrected chi connectivity index (χ2v) is 5.52. The second-order valence-electron chi connectivity index (χ2n) is 5.52. The number of hydrogen-bond acceptors (Lipinski definition) is 4. The fourth-order valence-electron chi connectivity index (χ4n) is 2.61. The minimum absolute atomic E-state index is 0.361. The molecule has 0 saturated carbocycles. The number of benzene rings is 1. The Bertz CT molecular complexity index is 546. The van der Waals surface area contributed by atoms with Gasteiger partial charge < -0.3 is 9.88 Å². The third kappa shape index (κ3) is 3.36. The number of H-pyrrole nitrogens is 1. The highest BCUT2D eigenvalue weighted by Gasteiger charge is 2.16. The predicted octanol–water partition coefficient (Wildman–Crippen LogP) is 1.72. The minimum Gasteiger partial charge on any atom is -0.345 e. The van der Waals surface area contributed by atoms with Crippen LogP contribution in [0.3, 0.4) is 0 Å². The van der Waals surface area contributed by atoms with Crippen molar-refractivity contribution in [3.63, 3.8) is 0 Å². The lowest BCUT2D eigenvalue weighted by Crippen LogP contribution is -2.37. The van der Waals surface area contributed by atoms with Gasteiger partial charge in [0.15, 0.2) is 0 Å². The summed E-state index contributed by atoms with van der Waals surface area (Å²) in [5.74, 6) is 0. The summed E-state index contributed by atoms with van der Waals surface area (Å²) in [7, 11) is 2.16. The van der Waals surface area contributed by atoms with Gasteiger partial charge in [-0.1, -0.05) is 6.07 Å². The molecule has 0 aliphatic carbocycles. The predicted molar refractivity (Wildman–Crippen MR) is 79.4 cm³/mol. The van der Waals surface area contributed by atoms with Crippen molar-refractivity contribution >= 4 is 11.0 Å². The fraction of sp³-hybridized carbons (Fsp3) is 0.533. The summed E-state index contributed by atoms with van der Waals surface area (Å²) >= 11 is 0. The molecule has 0 radical (unpaired) electrons. The quantitative estimate of drug-likeness (QED) is 0.644. The summed E-state index contributed by atoms with van der Waals surface area (Å²) < 4.78 is 0. The molecule has 20 heavy (non-hydrogen) atoms. The molecule has 0 atom stereocenters. The van der Waals surface area contributed by atoms with Gasteiger partial charge in [-0.2, -0.15) is 0 Å². The Morgan fingerprint density at radius 1 is 1.40 bits per heavy atom. The molecule has 1 aliphatic heterocycles. The lowest BCUT2D eigenvalue weighted by molar-refractivity contribution is -0.0503. The van der Waals surface area contributed by atoms with Gasteiger partial charge in [-0.25, -0.2) is 10.5 Å². The van der Waals surface area contributed by atoms with E-state index in [1.165, 1.54) is 5.56 Å². The number of rotatable bonds is 5. The van der Waals surface area contributed by atoms with Gasteiger partial charge in [0.05, 0.1) is 23.5 Å². The average Bonchev–Trinajstić information content (AvgIpc) is 2.93. The largest absolute Gasteiger partial charge is 0.345 e. The van der Waals surface area contributed by atoms with E-state index >= 15 is 0 Å². The van der Waals surface area contributed by atoms with Gasteiger partial charge in [0.25, 0.3) is 0 Å². The van der Waals surface area contributed by atoms with Crippen LogP contribution in [0.2, 0.25) is 0 Å². The number of aromatic amines is 1. The van der Waals surface area contributed by atoms with Crippen LogP contribution in [-0.2, 0) is 11.3 Å². The Hall–Kier alpha value is -1.43. The molecule has 5 heteroatoms. The van der Waals surface area contributed by atoms with Gasteiger partial charge >= 0.3 is 0 Å². The Morgan fingerprint density at radius 3 is 3.10 bits per heavy atom. The van der Waals surface area contributed by atoms with Gasteiger partial charge in [0.1, 0.15) is 0 Å². The van der Waals surface area contributed by atoms with Crippen molar-refractivity contribution in [1.82, 2.24) is 20.3 Å². The van der Waals surface area contributed by atoms with Crippen molar-refractivity contribution in [2.24, 2.45) is 0 Å². The third-order valence-electron chi connectivity index (χ3n) is 3.92. The first-order valence-corrected chi connectivity index (χ1v) is 7.30. The van der Waals surface area contributed by atoms with Crippen molar-refractivity contribution in [1.29, 1.82) is 0 Å². The van der Waals surface area contributed by atoms with Crippen molar-refractivity contribution in [3.8, 4) is 0 Å². The highest BCUT2D eigenvalue weighted by molar-refractivity contribution is 5.74. The molecular formula is C15H22N4O.